The topological polar surface area (TPSA) is 133 Å². The molecule has 1 saturated heterocycles. The third kappa shape index (κ3) is 6.42. The molecule has 202 valence electrons. The van der Waals surface area contributed by atoms with Crippen LogP contribution < -0.4 is 8.92 Å². The van der Waals surface area contributed by atoms with Crippen molar-refractivity contribution in [2.24, 2.45) is 0 Å². The number of nitro benzene ring substituents is 1. The molecular weight excluding hydrogens is 659 g/mol. The number of ether oxygens (including phenoxy) is 1. The van der Waals surface area contributed by atoms with Crippen molar-refractivity contribution in [1.29, 1.82) is 0 Å². The predicted molar refractivity (Wildman–Crippen MR) is 154 cm³/mol. The van der Waals surface area contributed by atoms with Crippen LogP contribution in [0.5, 0.6) is 11.5 Å². The van der Waals surface area contributed by atoms with Crippen molar-refractivity contribution in [3.05, 3.63) is 95.9 Å². The summed E-state index contributed by atoms with van der Waals surface area (Å²) in [5.41, 5.74) is 1.41. The van der Waals surface area contributed by atoms with Gasteiger partial charge in [0.1, 0.15) is 4.90 Å². The average Bonchev–Trinajstić information content (AvgIpc) is 3.14. The molecule has 1 aliphatic heterocycles. The number of hydrogen-bond donors (Lipinski definition) is 0. The molecule has 0 aliphatic carbocycles. The normalized spacial score (nSPS) is 14.6. The lowest BCUT2D eigenvalue weighted by Gasteiger charge is -2.15. The first-order valence-corrected chi connectivity index (χ1v) is 14.8. The van der Waals surface area contributed by atoms with Crippen molar-refractivity contribution in [3.63, 3.8) is 0 Å². The van der Waals surface area contributed by atoms with Gasteiger partial charge in [0.15, 0.2) is 11.5 Å². The Hall–Kier alpha value is -3.43. The first-order valence-electron chi connectivity index (χ1n) is 11.5. The van der Waals surface area contributed by atoms with Crippen molar-refractivity contribution in [2.45, 2.75) is 25.3 Å². The number of amides is 2. The van der Waals surface area contributed by atoms with Crippen LogP contribution in [0.1, 0.15) is 23.6 Å². The summed E-state index contributed by atoms with van der Waals surface area (Å²) in [6, 6.07) is 15.2. The number of halogens is 1. The summed E-state index contributed by atoms with van der Waals surface area (Å²) in [5, 5.41) is 10.8. The molecule has 10 nitrogen and oxygen atoms in total. The Morgan fingerprint density at radius 3 is 2.46 bits per heavy atom. The minimum absolute atomic E-state index is 0.000309. The Kier molecular flexibility index (Phi) is 8.61. The SMILES string of the molecule is CCOc1cc(/C=C2\SC(=O)N(Cc3ccccc3[N+](=O)[O-])C2=O)cc(I)c1OS(=O)(=O)c1ccc(C)cc1. The van der Waals surface area contributed by atoms with Gasteiger partial charge in [0, 0.05) is 11.6 Å². The molecule has 0 unspecified atom stereocenters. The number of thioether (sulfide) groups is 1. The molecule has 0 bridgehead atoms. The van der Waals surface area contributed by atoms with Gasteiger partial charge >= 0.3 is 10.1 Å². The molecule has 2 amide bonds. The molecule has 3 aromatic rings. The van der Waals surface area contributed by atoms with E-state index in [1.54, 1.807) is 31.2 Å². The van der Waals surface area contributed by atoms with Gasteiger partial charge in [-0.25, -0.2) is 0 Å². The number of aryl methyl sites for hydroxylation is 1. The number of imide groups is 1. The Morgan fingerprint density at radius 2 is 1.79 bits per heavy atom. The fraction of sp³-hybridized carbons (Fsp3) is 0.154. The van der Waals surface area contributed by atoms with Crippen molar-refractivity contribution >= 4 is 67.4 Å². The molecule has 13 heteroatoms. The van der Waals surface area contributed by atoms with Crippen LogP contribution in [-0.2, 0) is 21.5 Å². The van der Waals surface area contributed by atoms with E-state index in [0.717, 1.165) is 10.5 Å². The lowest BCUT2D eigenvalue weighted by atomic mass is 10.1. The van der Waals surface area contributed by atoms with E-state index < -0.39 is 26.2 Å². The van der Waals surface area contributed by atoms with Crippen LogP contribution in [0.25, 0.3) is 6.08 Å². The maximum Gasteiger partial charge on any atom is 0.339 e. The number of rotatable bonds is 9. The zero-order valence-electron chi connectivity index (χ0n) is 20.6. The fourth-order valence-corrected chi connectivity index (χ4v) is 6.34. The molecule has 0 atom stereocenters. The maximum atomic E-state index is 13.0. The quantitative estimate of drug-likeness (QED) is 0.0890. The monoisotopic (exact) mass is 680 g/mol. The number of carbonyl (C=O) groups excluding carboxylic acids is 2. The molecule has 1 heterocycles. The second-order valence-corrected chi connectivity index (χ2v) is 12.0. The third-order valence-electron chi connectivity index (χ3n) is 5.52. The Bertz CT molecular complexity index is 1600. The molecule has 0 spiro atoms. The molecule has 0 aromatic heterocycles. The van der Waals surface area contributed by atoms with Crippen LogP contribution in [0.15, 0.2) is 70.5 Å². The summed E-state index contributed by atoms with van der Waals surface area (Å²) >= 11 is 2.62. The van der Waals surface area contributed by atoms with E-state index in [1.165, 1.54) is 42.5 Å². The van der Waals surface area contributed by atoms with Crippen LogP contribution in [-0.4, -0.2) is 36.0 Å². The minimum Gasteiger partial charge on any atom is -0.490 e. The first kappa shape index (κ1) is 28.6. The van der Waals surface area contributed by atoms with Gasteiger partial charge in [-0.2, -0.15) is 8.42 Å². The van der Waals surface area contributed by atoms with E-state index in [2.05, 4.69) is 0 Å². The van der Waals surface area contributed by atoms with Gasteiger partial charge in [-0.05, 0) is 84.1 Å². The molecule has 0 radical (unpaired) electrons. The summed E-state index contributed by atoms with van der Waals surface area (Å²) in [4.78, 5) is 37.5. The molecule has 0 N–H and O–H groups in total. The van der Waals surface area contributed by atoms with Gasteiger partial charge in [0.05, 0.1) is 26.6 Å². The summed E-state index contributed by atoms with van der Waals surface area (Å²) < 4.78 is 37.3. The smallest absolute Gasteiger partial charge is 0.339 e. The highest BCUT2D eigenvalue weighted by Crippen LogP contribution is 2.39. The molecule has 3 aromatic carbocycles. The highest BCUT2D eigenvalue weighted by atomic mass is 127. The van der Waals surface area contributed by atoms with E-state index in [-0.39, 0.29) is 45.7 Å². The lowest BCUT2D eigenvalue weighted by Crippen LogP contribution is -2.27. The van der Waals surface area contributed by atoms with E-state index >= 15 is 0 Å². The highest BCUT2D eigenvalue weighted by molar-refractivity contribution is 14.1. The number of nitro groups is 1. The lowest BCUT2D eigenvalue weighted by molar-refractivity contribution is -0.385. The molecule has 39 heavy (non-hydrogen) atoms. The molecule has 0 saturated carbocycles. The van der Waals surface area contributed by atoms with Gasteiger partial charge in [-0.3, -0.25) is 24.6 Å². The summed E-state index contributed by atoms with van der Waals surface area (Å²) in [7, 11) is -4.15. The Morgan fingerprint density at radius 1 is 1.10 bits per heavy atom. The predicted octanol–water partition coefficient (Wildman–Crippen LogP) is 5.91. The average molecular weight is 680 g/mol. The Labute approximate surface area is 242 Å². The number of benzene rings is 3. The molecule has 4 rings (SSSR count). The van der Waals surface area contributed by atoms with Crippen LogP contribution in [0.2, 0.25) is 0 Å². The van der Waals surface area contributed by atoms with E-state index in [4.69, 9.17) is 8.92 Å². The summed E-state index contributed by atoms with van der Waals surface area (Å²) in [6.45, 7) is 3.54. The number of nitrogens with zero attached hydrogens (tertiary/aromatic N) is 2. The van der Waals surface area contributed by atoms with Crippen molar-refractivity contribution in [2.75, 3.05) is 6.61 Å². The van der Waals surface area contributed by atoms with Crippen LogP contribution in [0, 0.1) is 20.6 Å². The highest BCUT2D eigenvalue weighted by Gasteiger charge is 2.36. The molecule has 1 aliphatic rings. The van der Waals surface area contributed by atoms with Crippen molar-refractivity contribution in [1.82, 2.24) is 4.90 Å². The van der Waals surface area contributed by atoms with E-state index in [0.29, 0.717) is 20.9 Å². The number of carbonyl (C=O) groups is 2. The van der Waals surface area contributed by atoms with Crippen LogP contribution >= 0.6 is 34.4 Å². The largest absolute Gasteiger partial charge is 0.490 e. The number of hydrogen-bond acceptors (Lipinski definition) is 9. The second kappa shape index (κ2) is 11.8. The van der Waals surface area contributed by atoms with Crippen LogP contribution in [0.4, 0.5) is 10.5 Å². The van der Waals surface area contributed by atoms with Crippen molar-refractivity contribution in [3.8, 4) is 11.5 Å². The van der Waals surface area contributed by atoms with E-state index in [1.807, 2.05) is 29.5 Å². The molecular formula is C26H21IN2O8S2. The van der Waals surface area contributed by atoms with Crippen LogP contribution in [0.3, 0.4) is 0 Å². The fourth-order valence-electron chi connectivity index (χ4n) is 3.66. The van der Waals surface area contributed by atoms with Gasteiger partial charge in [-0.15, -0.1) is 0 Å². The zero-order chi connectivity index (χ0) is 28.3. The maximum absolute atomic E-state index is 13.0. The van der Waals surface area contributed by atoms with Gasteiger partial charge in [0.25, 0.3) is 16.8 Å². The van der Waals surface area contributed by atoms with Crippen molar-refractivity contribution < 1.29 is 31.9 Å². The third-order valence-corrected chi connectivity index (χ3v) is 8.47. The minimum atomic E-state index is -4.15. The van der Waals surface area contributed by atoms with E-state index in [9.17, 15) is 28.1 Å². The number of para-hydroxylation sites is 1. The van der Waals surface area contributed by atoms with Gasteiger partial charge in [0.2, 0.25) is 0 Å². The summed E-state index contributed by atoms with van der Waals surface area (Å²) in [5.74, 6) is -0.455. The van der Waals surface area contributed by atoms with Gasteiger partial charge < -0.3 is 8.92 Å². The standard InChI is InChI=1S/C26H21IN2O8S2/c1-3-36-22-13-17(12-20(27)24(22)37-39(34,35)19-10-8-16(2)9-11-19)14-23-25(30)28(26(31)38-23)15-18-6-4-5-7-21(18)29(32)33/h4-14H,3,15H2,1-2H3/b23-14-. The van der Waals surface area contributed by atoms with Gasteiger partial charge in [-0.1, -0.05) is 35.9 Å². The zero-order valence-corrected chi connectivity index (χ0v) is 24.4. The first-order chi connectivity index (χ1) is 18.5. The molecule has 1 fully saturated rings. The summed E-state index contributed by atoms with van der Waals surface area (Å²) in [6.07, 6.45) is 1.48. The second-order valence-electron chi connectivity index (χ2n) is 8.27. The Balaban J connectivity index is 1.63.